The molecule has 3 unspecified atom stereocenters. The third kappa shape index (κ3) is 2.03. The van der Waals surface area contributed by atoms with Crippen LogP contribution in [0.15, 0.2) is 21.9 Å². The van der Waals surface area contributed by atoms with Gasteiger partial charge in [-0.3, -0.25) is 14.3 Å². The summed E-state index contributed by atoms with van der Waals surface area (Å²) in [5.41, 5.74) is 4.48. The highest BCUT2D eigenvalue weighted by Gasteiger charge is 2.42. The monoisotopic (exact) mass is 243 g/mol. The maximum atomic E-state index is 11.5. The highest BCUT2D eigenvalue weighted by Crippen LogP contribution is 2.26. The Morgan fingerprint density at radius 3 is 2.76 bits per heavy atom. The molecule has 94 valence electrons. The van der Waals surface area contributed by atoms with E-state index < -0.39 is 42.3 Å². The van der Waals surface area contributed by atoms with E-state index in [4.69, 9.17) is 15.6 Å². The van der Waals surface area contributed by atoms with E-state index in [2.05, 4.69) is 4.98 Å². The standard InChI is InChI=1S/C9H13N3O5/c10-6-7(15)4(3-13)17-8(6)12-2-1-5(14)11-9(12)16/h1-2,4,6-8,13,15H,3,10H2,(H,11,14,16)/t4?,6-,7?,8?/m0/s1. The second-order valence-electron chi connectivity index (χ2n) is 3.83. The maximum absolute atomic E-state index is 11.5. The summed E-state index contributed by atoms with van der Waals surface area (Å²) in [7, 11) is 0. The summed E-state index contributed by atoms with van der Waals surface area (Å²) in [5.74, 6) is 0. The third-order valence-corrected chi connectivity index (χ3v) is 2.72. The largest absolute Gasteiger partial charge is 0.394 e. The number of aliphatic hydroxyl groups is 2. The maximum Gasteiger partial charge on any atom is 0.330 e. The Labute approximate surface area is 95.3 Å². The van der Waals surface area contributed by atoms with Crippen LogP contribution < -0.4 is 17.0 Å². The van der Waals surface area contributed by atoms with Crippen molar-refractivity contribution in [3.63, 3.8) is 0 Å². The van der Waals surface area contributed by atoms with Gasteiger partial charge in [0, 0.05) is 12.3 Å². The highest BCUT2D eigenvalue weighted by molar-refractivity contribution is 4.94. The Morgan fingerprint density at radius 1 is 1.53 bits per heavy atom. The SMILES string of the molecule is N[C@H]1C(O)C(CO)OC1n1ccc(=O)[nH]c1=O. The summed E-state index contributed by atoms with van der Waals surface area (Å²) in [6.45, 7) is -0.399. The van der Waals surface area contributed by atoms with Crippen molar-refractivity contribution >= 4 is 0 Å². The summed E-state index contributed by atoms with van der Waals surface area (Å²) in [6, 6.07) is 0.298. The third-order valence-electron chi connectivity index (χ3n) is 2.72. The summed E-state index contributed by atoms with van der Waals surface area (Å²) in [5, 5.41) is 18.6. The van der Waals surface area contributed by atoms with Gasteiger partial charge >= 0.3 is 5.69 Å². The number of aromatic nitrogens is 2. The van der Waals surface area contributed by atoms with Crippen LogP contribution in [0.25, 0.3) is 0 Å². The van der Waals surface area contributed by atoms with Gasteiger partial charge in [-0.2, -0.15) is 0 Å². The molecule has 4 atom stereocenters. The lowest BCUT2D eigenvalue weighted by Gasteiger charge is -2.17. The quantitative estimate of drug-likeness (QED) is 0.441. The molecule has 8 heteroatoms. The Hall–Kier alpha value is -1.48. The molecule has 1 aromatic rings. The van der Waals surface area contributed by atoms with Gasteiger partial charge in [0.05, 0.1) is 12.6 Å². The predicted molar refractivity (Wildman–Crippen MR) is 56.3 cm³/mol. The van der Waals surface area contributed by atoms with Crippen LogP contribution in [-0.4, -0.2) is 44.6 Å². The van der Waals surface area contributed by atoms with Crippen molar-refractivity contribution in [1.82, 2.24) is 9.55 Å². The first kappa shape index (κ1) is 12.0. The molecule has 5 N–H and O–H groups in total. The van der Waals surface area contributed by atoms with Crippen molar-refractivity contribution in [1.29, 1.82) is 0 Å². The molecule has 1 fully saturated rings. The van der Waals surface area contributed by atoms with Crippen molar-refractivity contribution < 1.29 is 14.9 Å². The van der Waals surface area contributed by atoms with Crippen LogP contribution in [0.1, 0.15) is 6.23 Å². The number of hydrogen-bond acceptors (Lipinski definition) is 6. The minimum atomic E-state index is -1.07. The zero-order chi connectivity index (χ0) is 12.6. The first-order chi connectivity index (χ1) is 8.04. The molecule has 1 aliphatic rings. The van der Waals surface area contributed by atoms with Crippen LogP contribution in [0.5, 0.6) is 0 Å². The van der Waals surface area contributed by atoms with E-state index in [0.29, 0.717) is 0 Å². The summed E-state index contributed by atoms with van der Waals surface area (Å²) in [6.07, 6.45) is -1.58. The smallest absolute Gasteiger partial charge is 0.330 e. The Balaban J connectivity index is 2.35. The van der Waals surface area contributed by atoms with Gasteiger partial charge in [0.2, 0.25) is 0 Å². The van der Waals surface area contributed by atoms with Crippen LogP contribution >= 0.6 is 0 Å². The first-order valence-corrected chi connectivity index (χ1v) is 5.06. The number of hydrogen-bond donors (Lipinski definition) is 4. The first-order valence-electron chi connectivity index (χ1n) is 5.06. The lowest BCUT2D eigenvalue weighted by molar-refractivity contribution is -0.0465. The number of aromatic amines is 1. The molecule has 8 nitrogen and oxygen atoms in total. The van der Waals surface area contributed by atoms with E-state index in [1.807, 2.05) is 0 Å². The number of nitrogens with one attached hydrogen (secondary N) is 1. The summed E-state index contributed by atoms with van der Waals surface area (Å²) < 4.78 is 6.33. The molecule has 0 bridgehead atoms. The van der Waals surface area contributed by atoms with Crippen molar-refractivity contribution in [2.45, 2.75) is 24.5 Å². The average Bonchev–Trinajstić information content (AvgIpc) is 2.57. The van der Waals surface area contributed by atoms with Gasteiger partial charge in [-0.25, -0.2) is 4.79 Å². The molecular formula is C9H13N3O5. The number of aliphatic hydroxyl groups excluding tert-OH is 2. The average molecular weight is 243 g/mol. The molecule has 0 saturated carbocycles. The van der Waals surface area contributed by atoms with E-state index in [0.717, 1.165) is 10.6 Å². The highest BCUT2D eigenvalue weighted by atomic mass is 16.5. The predicted octanol–water partition coefficient (Wildman–Crippen LogP) is -2.89. The van der Waals surface area contributed by atoms with Gasteiger partial charge in [0.1, 0.15) is 12.2 Å². The van der Waals surface area contributed by atoms with Crippen LogP contribution in [0.2, 0.25) is 0 Å². The van der Waals surface area contributed by atoms with E-state index in [9.17, 15) is 14.7 Å². The number of H-pyrrole nitrogens is 1. The molecule has 0 aromatic carbocycles. The van der Waals surface area contributed by atoms with Crippen molar-refractivity contribution in [2.24, 2.45) is 5.73 Å². The second kappa shape index (κ2) is 4.41. The number of nitrogens with two attached hydrogens (primary N) is 1. The minimum Gasteiger partial charge on any atom is -0.394 e. The van der Waals surface area contributed by atoms with Gasteiger partial charge < -0.3 is 20.7 Å². The van der Waals surface area contributed by atoms with E-state index in [1.54, 1.807) is 0 Å². The number of nitrogens with zero attached hydrogens (tertiary/aromatic N) is 1. The molecule has 0 aliphatic carbocycles. The molecule has 0 amide bonds. The molecule has 1 aromatic heterocycles. The van der Waals surface area contributed by atoms with Crippen molar-refractivity contribution in [2.75, 3.05) is 6.61 Å². The zero-order valence-corrected chi connectivity index (χ0v) is 8.81. The molecular weight excluding hydrogens is 230 g/mol. The lowest BCUT2D eigenvalue weighted by Crippen LogP contribution is -2.42. The second-order valence-corrected chi connectivity index (χ2v) is 3.83. The summed E-state index contributed by atoms with van der Waals surface area (Å²) in [4.78, 5) is 24.5. The van der Waals surface area contributed by atoms with Gasteiger partial charge in [0.15, 0.2) is 6.23 Å². The number of ether oxygens (including phenoxy) is 1. The topological polar surface area (TPSA) is 131 Å². The van der Waals surface area contributed by atoms with E-state index >= 15 is 0 Å². The Kier molecular flexibility index (Phi) is 3.11. The van der Waals surface area contributed by atoms with Crippen molar-refractivity contribution in [3.8, 4) is 0 Å². The summed E-state index contributed by atoms with van der Waals surface area (Å²) >= 11 is 0. The van der Waals surface area contributed by atoms with Crippen LogP contribution in [-0.2, 0) is 4.74 Å². The van der Waals surface area contributed by atoms with E-state index in [-0.39, 0.29) is 0 Å². The van der Waals surface area contributed by atoms with Crippen molar-refractivity contribution in [3.05, 3.63) is 33.1 Å². The normalized spacial score (nSPS) is 32.9. The van der Waals surface area contributed by atoms with Crippen LogP contribution in [0, 0.1) is 0 Å². The molecule has 0 radical (unpaired) electrons. The molecule has 1 saturated heterocycles. The molecule has 2 heterocycles. The van der Waals surface area contributed by atoms with Crippen LogP contribution in [0.3, 0.4) is 0 Å². The van der Waals surface area contributed by atoms with Crippen LogP contribution in [0.4, 0.5) is 0 Å². The van der Waals surface area contributed by atoms with E-state index in [1.165, 1.54) is 6.20 Å². The van der Waals surface area contributed by atoms with Gasteiger partial charge in [-0.15, -0.1) is 0 Å². The molecule has 2 rings (SSSR count). The Morgan fingerprint density at radius 2 is 2.24 bits per heavy atom. The van der Waals surface area contributed by atoms with Gasteiger partial charge in [-0.05, 0) is 0 Å². The fraction of sp³-hybridized carbons (Fsp3) is 0.556. The fourth-order valence-corrected chi connectivity index (χ4v) is 1.80. The zero-order valence-electron chi connectivity index (χ0n) is 8.81. The van der Waals surface area contributed by atoms with Gasteiger partial charge in [-0.1, -0.05) is 0 Å². The molecule has 1 aliphatic heterocycles. The Bertz CT molecular complexity index is 510. The fourth-order valence-electron chi connectivity index (χ4n) is 1.80. The minimum absolute atomic E-state index is 0.399. The molecule has 17 heavy (non-hydrogen) atoms. The lowest BCUT2D eigenvalue weighted by atomic mass is 10.1. The number of rotatable bonds is 2. The molecule has 0 spiro atoms. The van der Waals surface area contributed by atoms with Gasteiger partial charge in [0.25, 0.3) is 5.56 Å².